The van der Waals surface area contributed by atoms with Crippen LogP contribution in [0.5, 0.6) is 0 Å². The Hall–Kier alpha value is -3.48. The summed E-state index contributed by atoms with van der Waals surface area (Å²) in [6, 6.07) is 14.8. The monoisotopic (exact) mass is 494 g/mol. The second-order valence-corrected chi connectivity index (χ2v) is 10.7. The molecule has 1 saturated heterocycles. The van der Waals surface area contributed by atoms with Gasteiger partial charge in [-0.15, -0.1) is 0 Å². The third kappa shape index (κ3) is 4.67. The predicted octanol–water partition coefficient (Wildman–Crippen LogP) is 5.30. The van der Waals surface area contributed by atoms with Gasteiger partial charge in [0.05, 0.1) is 6.61 Å². The zero-order valence-electron chi connectivity index (χ0n) is 21.9. The molecule has 37 heavy (non-hydrogen) atoms. The van der Waals surface area contributed by atoms with Crippen LogP contribution in [0.25, 0.3) is 33.3 Å². The van der Waals surface area contributed by atoms with E-state index < -0.39 is 0 Å². The Labute approximate surface area is 218 Å². The lowest BCUT2D eigenvalue weighted by Crippen LogP contribution is -2.32. The molecule has 2 aliphatic heterocycles. The fraction of sp³-hybridized carbons (Fsp3) is 0.355. The highest BCUT2D eigenvalue weighted by Crippen LogP contribution is 2.33. The van der Waals surface area contributed by atoms with Gasteiger partial charge < -0.3 is 19.5 Å². The SMILES string of the molecule is Cc1cc(-c2cnc3[nH]cc(-c4ccc(C(=O)N(C)CC5CCOC5)cc4)c3c2)cc2c1CCN(C)C2. The van der Waals surface area contributed by atoms with Crippen LogP contribution in [0.2, 0.25) is 0 Å². The Bertz CT molecular complexity index is 1450. The number of hydrogen-bond acceptors (Lipinski definition) is 4. The molecule has 1 unspecified atom stereocenters. The summed E-state index contributed by atoms with van der Waals surface area (Å²) in [5, 5.41) is 1.09. The van der Waals surface area contributed by atoms with Crippen LogP contribution in [-0.4, -0.2) is 66.1 Å². The van der Waals surface area contributed by atoms with Crippen LogP contribution in [0, 0.1) is 12.8 Å². The Morgan fingerprint density at radius 1 is 1.16 bits per heavy atom. The molecule has 6 rings (SSSR count). The van der Waals surface area contributed by atoms with Crippen molar-refractivity contribution in [3.8, 4) is 22.3 Å². The van der Waals surface area contributed by atoms with Gasteiger partial charge in [0.25, 0.3) is 5.91 Å². The number of aryl methyl sites for hydroxylation is 1. The van der Waals surface area contributed by atoms with Crippen LogP contribution in [-0.2, 0) is 17.7 Å². The molecule has 6 heteroatoms. The Morgan fingerprint density at radius 2 is 2.00 bits per heavy atom. The van der Waals surface area contributed by atoms with Crippen LogP contribution < -0.4 is 0 Å². The van der Waals surface area contributed by atoms with Crippen molar-refractivity contribution in [2.24, 2.45) is 5.92 Å². The van der Waals surface area contributed by atoms with Gasteiger partial charge in [0.15, 0.2) is 0 Å². The van der Waals surface area contributed by atoms with Gasteiger partial charge >= 0.3 is 0 Å². The maximum Gasteiger partial charge on any atom is 0.253 e. The first-order valence-electron chi connectivity index (χ1n) is 13.2. The fourth-order valence-electron chi connectivity index (χ4n) is 5.84. The van der Waals surface area contributed by atoms with Crippen LogP contribution in [0.1, 0.15) is 33.5 Å². The highest BCUT2D eigenvalue weighted by atomic mass is 16.5. The molecule has 2 aromatic carbocycles. The zero-order chi connectivity index (χ0) is 25.5. The molecule has 6 nitrogen and oxygen atoms in total. The number of likely N-dealkylation sites (N-methyl/N-ethyl adjacent to an activating group) is 1. The van der Waals surface area contributed by atoms with E-state index in [1.807, 2.05) is 48.6 Å². The number of H-pyrrole nitrogens is 1. The van der Waals surface area contributed by atoms with Gasteiger partial charge in [-0.1, -0.05) is 18.2 Å². The van der Waals surface area contributed by atoms with E-state index in [1.54, 1.807) is 0 Å². The molecule has 0 aliphatic carbocycles. The van der Waals surface area contributed by atoms with Crippen molar-refractivity contribution in [1.29, 1.82) is 0 Å². The second kappa shape index (κ2) is 9.77. The normalized spacial score (nSPS) is 17.8. The number of ether oxygens (including phenoxy) is 1. The van der Waals surface area contributed by atoms with Crippen LogP contribution in [0.15, 0.2) is 54.9 Å². The highest BCUT2D eigenvalue weighted by Gasteiger charge is 2.21. The Kier molecular flexibility index (Phi) is 6.31. The average molecular weight is 495 g/mol. The van der Waals surface area contributed by atoms with Crippen molar-refractivity contribution in [2.45, 2.75) is 26.3 Å². The van der Waals surface area contributed by atoms with Gasteiger partial charge in [0, 0.05) is 73.7 Å². The molecular formula is C31H34N4O2. The number of benzene rings is 2. The van der Waals surface area contributed by atoms with E-state index in [-0.39, 0.29) is 5.91 Å². The number of pyridine rings is 1. The number of rotatable bonds is 5. The number of carbonyl (C=O) groups excluding carboxylic acids is 1. The number of hydrogen-bond donors (Lipinski definition) is 1. The van der Waals surface area contributed by atoms with Gasteiger partial charge in [0.2, 0.25) is 0 Å². The van der Waals surface area contributed by atoms with E-state index >= 15 is 0 Å². The van der Waals surface area contributed by atoms with E-state index in [0.717, 1.165) is 73.4 Å². The molecule has 0 spiro atoms. The predicted molar refractivity (Wildman–Crippen MR) is 148 cm³/mol. The van der Waals surface area contributed by atoms with Crippen molar-refractivity contribution in [3.63, 3.8) is 0 Å². The highest BCUT2D eigenvalue weighted by molar-refractivity contribution is 5.98. The number of amides is 1. The Morgan fingerprint density at radius 3 is 2.78 bits per heavy atom. The molecule has 0 radical (unpaired) electrons. The number of aromatic nitrogens is 2. The van der Waals surface area contributed by atoms with Crippen molar-refractivity contribution >= 4 is 16.9 Å². The molecule has 190 valence electrons. The molecule has 2 aromatic heterocycles. The van der Waals surface area contributed by atoms with Gasteiger partial charge in [-0.2, -0.15) is 0 Å². The third-order valence-electron chi connectivity index (χ3n) is 7.96. The molecule has 0 bridgehead atoms. The first-order chi connectivity index (χ1) is 18.0. The third-order valence-corrected chi connectivity index (χ3v) is 7.96. The molecule has 1 N–H and O–H groups in total. The summed E-state index contributed by atoms with van der Waals surface area (Å²) in [5.74, 6) is 0.482. The van der Waals surface area contributed by atoms with Crippen molar-refractivity contribution in [2.75, 3.05) is 40.4 Å². The van der Waals surface area contributed by atoms with E-state index in [2.05, 4.69) is 42.1 Å². The minimum absolute atomic E-state index is 0.0507. The van der Waals surface area contributed by atoms with Crippen molar-refractivity contribution < 1.29 is 9.53 Å². The molecule has 4 aromatic rings. The number of nitrogens with one attached hydrogen (secondary N) is 1. The van der Waals surface area contributed by atoms with Crippen molar-refractivity contribution in [1.82, 2.24) is 19.8 Å². The molecule has 0 saturated carbocycles. The van der Waals surface area contributed by atoms with Crippen molar-refractivity contribution in [3.05, 3.63) is 77.1 Å². The number of nitrogens with zero attached hydrogens (tertiary/aromatic N) is 3. The van der Waals surface area contributed by atoms with Gasteiger partial charge in [-0.25, -0.2) is 4.98 Å². The van der Waals surface area contributed by atoms with Gasteiger partial charge in [-0.05, 0) is 78.9 Å². The molecular weight excluding hydrogens is 460 g/mol. The average Bonchev–Trinajstić information content (AvgIpc) is 3.57. The lowest BCUT2D eigenvalue weighted by Gasteiger charge is -2.27. The number of fused-ring (bicyclic) bond motifs is 2. The molecule has 1 amide bonds. The zero-order valence-corrected chi connectivity index (χ0v) is 21.9. The fourth-order valence-corrected chi connectivity index (χ4v) is 5.84. The summed E-state index contributed by atoms with van der Waals surface area (Å²) in [6.07, 6.45) is 6.11. The summed E-state index contributed by atoms with van der Waals surface area (Å²) < 4.78 is 5.46. The van der Waals surface area contributed by atoms with Crippen LogP contribution in [0.4, 0.5) is 0 Å². The molecule has 2 aliphatic rings. The standard InChI is InChI=1S/C31H34N4O2/c1-20-12-24(13-26-18-34(2)10-8-27(20)26)25-14-28-29(16-33-30(28)32-15-25)22-4-6-23(7-5-22)31(36)35(3)17-21-9-11-37-19-21/h4-7,12-16,21H,8-11,17-19H2,1-3H3,(H,32,33). The summed E-state index contributed by atoms with van der Waals surface area (Å²) >= 11 is 0. The quantitative estimate of drug-likeness (QED) is 0.409. The lowest BCUT2D eigenvalue weighted by atomic mass is 9.91. The van der Waals surface area contributed by atoms with E-state index in [4.69, 9.17) is 9.72 Å². The summed E-state index contributed by atoms with van der Waals surface area (Å²) in [7, 11) is 4.06. The molecule has 1 atom stereocenters. The topological polar surface area (TPSA) is 61.5 Å². The maximum absolute atomic E-state index is 13.0. The van der Waals surface area contributed by atoms with E-state index in [1.165, 1.54) is 22.3 Å². The summed E-state index contributed by atoms with van der Waals surface area (Å²) in [6.45, 7) is 6.60. The summed E-state index contributed by atoms with van der Waals surface area (Å²) in [4.78, 5) is 25.2. The van der Waals surface area contributed by atoms with Crippen LogP contribution in [0.3, 0.4) is 0 Å². The smallest absolute Gasteiger partial charge is 0.253 e. The minimum Gasteiger partial charge on any atom is -0.381 e. The molecule has 1 fully saturated rings. The van der Waals surface area contributed by atoms with Gasteiger partial charge in [0.1, 0.15) is 5.65 Å². The van der Waals surface area contributed by atoms with Crippen LogP contribution >= 0.6 is 0 Å². The Balaban J connectivity index is 1.27. The minimum atomic E-state index is 0.0507. The first kappa shape index (κ1) is 23.9. The first-order valence-corrected chi connectivity index (χ1v) is 13.2. The summed E-state index contributed by atoms with van der Waals surface area (Å²) in [5.41, 5.74) is 10.3. The van der Waals surface area contributed by atoms with E-state index in [9.17, 15) is 4.79 Å². The largest absolute Gasteiger partial charge is 0.381 e. The molecule has 4 heterocycles. The van der Waals surface area contributed by atoms with E-state index in [0.29, 0.717) is 11.5 Å². The number of carbonyl (C=O) groups is 1. The maximum atomic E-state index is 13.0. The lowest BCUT2D eigenvalue weighted by molar-refractivity contribution is 0.0766. The number of aromatic amines is 1. The van der Waals surface area contributed by atoms with Gasteiger partial charge in [-0.3, -0.25) is 4.79 Å². The second-order valence-electron chi connectivity index (χ2n) is 10.7.